The lowest BCUT2D eigenvalue weighted by molar-refractivity contribution is 0.0975. The summed E-state index contributed by atoms with van der Waals surface area (Å²) < 4.78 is 12.0. The van der Waals surface area contributed by atoms with E-state index in [1.54, 1.807) is 18.9 Å². The Hall–Kier alpha value is -2.27. The minimum atomic E-state index is -0.613. The number of methoxy groups -OCH3 is 1. The van der Waals surface area contributed by atoms with Gasteiger partial charge in [-0.05, 0) is 37.7 Å². The van der Waals surface area contributed by atoms with Crippen molar-refractivity contribution in [3.8, 4) is 11.3 Å². The number of thioether (sulfide) groups is 1. The van der Waals surface area contributed by atoms with Crippen LogP contribution in [0.2, 0.25) is 0 Å². The molecule has 4 nitrogen and oxygen atoms in total. The van der Waals surface area contributed by atoms with E-state index in [9.17, 15) is 9.59 Å². The van der Waals surface area contributed by atoms with Crippen molar-refractivity contribution in [1.29, 1.82) is 0 Å². The van der Waals surface area contributed by atoms with E-state index in [0.29, 0.717) is 42.1 Å². The van der Waals surface area contributed by atoms with E-state index in [1.165, 1.54) is 6.07 Å². The molecule has 0 fully saturated rings. The summed E-state index contributed by atoms with van der Waals surface area (Å²) >= 11 is 1.65. The number of hydrogen-bond donors (Lipinski definition) is 0. The number of carbonyl (C=O) groups excluding carboxylic acids is 1. The molecular weight excluding hydrogens is 372 g/mol. The monoisotopic (exact) mass is 398 g/mol. The number of allylic oxidation sites excluding steroid dienone is 2. The van der Waals surface area contributed by atoms with Gasteiger partial charge < -0.3 is 9.15 Å². The molecule has 1 aromatic carbocycles. The average Bonchev–Trinajstić information content (AvgIpc) is 2.73. The topological polar surface area (TPSA) is 56.5 Å². The van der Waals surface area contributed by atoms with Crippen LogP contribution in [0.4, 0.5) is 0 Å². The summed E-state index contributed by atoms with van der Waals surface area (Å²) in [4.78, 5) is 27.2. The fraction of sp³-hybridized carbons (Fsp3) is 0.391. The predicted molar refractivity (Wildman–Crippen MR) is 113 cm³/mol. The van der Waals surface area contributed by atoms with Gasteiger partial charge in [-0.3, -0.25) is 9.59 Å². The van der Waals surface area contributed by atoms with E-state index in [2.05, 4.69) is 0 Å². The Labute approximate surface area is 170 Å². The molecule has 148 valence electrons. The molecule has 0 saturated heterocycles. The molecule has 0 atom stereocenters. The zero-order valence-corrected chi connectivity index (χ0v) is 17.9. The van der Waals surface area contributed by atoms with Crippen LogP contribution in [0.5, 0.6) is 0 Å². The molecule has 0 spiro atoms. The highest BCUT2D eigenvalue weighted by atomic mass is 32.2. The molecule has 0 radical (unpaired) electrons. The first-order chi connectivity index (χ1) is 13.5. The summed E-state index contributed by atoms with van der Waals surface area (Å²) in [7, 11) is 1.59. The minimum absolute atomic E-state index is 0.158. The van der Waals surface area contributed by atoms with E-state index in [4.69, 9.17) is 9.15 Å². The third-order valence-electron chi connectivity index (χ3n) is 5.73. The van der Waals surface area contributed by atoms with Crippen molar-refractivity contribution in [2.24, 2.45) is 0 Å². The van der Waals surface area contributed by atoms with Crippen LogP contribution in [0.1, 0.15) is 56.2 Å². The Kier molecular flexibility index (Phi) is 5.84. The van der Waals surface area contributed by atoms with Crippen LogP contribution < -0.4 is 5.43 Å². The van der Waals surface area contributed by atoms with Crippen LogP contribution in [0, 0.1) is 0 Å². The number of rotatable bonds is 6. The quantitative estimate of drug-likeness (QED) is 0.593. The minimum Gasteiger partial charge on any atom is -0.500 e. The first kappa shape index (κ1) is 20.5. The molecule has 0 bridgehead atoms. The van der Waals surface area contributed by atoms with E-state index in [0.717, 1.165) is 10.5 Å². The molecule has 1 aliphatic rings. The summed E-state index contributed by atoms with van der Waals surface area (Å²) in [5.74, 6) is 1.28. The molecule has 2 aromatic rings. The molecule has 28 heavy (non-hydrogen) atoms. The van der Waals surface area contributed by atoms with Crippen molar-refractivity contribution < 1.29 is 13.9 Å². The Morgan fingerprint density at radius 3 is 2.21 bits per heavy atom. The van der Waals surface area contributed by atoms with Gasteiger partial charge in [-0.1, -0.05) is 32.9 Å². The van der Waals surface area contributed by atoms with Crippen LogP contribution in [-0.4, -0.2) is 19.1 Å². The molecule has 0 N–H and O–H groups in total. The van der Waals surface area contributed by atoms with E-state index >= 15 is 0 Å². The normalized spacial score (nSPS) is 15.5. The highest BCUT2D eigenvalue weighted by molar-refractivity contribution is 7.98. The van der Waals surface area contributed by atoms with Gasteiger partial charge in [0.25, 0.3) is 0 Å². The first-order valence-electron chi connectivity index (χ1n) is 9.62. The number of ether oxygens (including phenoxy) is 1. The SMILES string of the molecule is CCC1=C(OC)C(CC)(CC)c2oc(-c3ccc(SC)cc3)cc(=O)c2C1=O. The Bertz CT molecular complexity index is 979. The number of hydrogen-bond acceptors (Lipinski definition) is 5. The summed E-state index contributed by atoms with van der Waals surface area (Å²) in [6, 6.07) is 9.29. The van der Waals surface area contributed by atoms with Gasteiger partial charge in [0.15, 0.2) is 11.2 Å². The van der Waals surface area contributed by atoms with Crippen molar-refractivity contribution in [3.05, 3.63) is 63.2 Å². The van der Waals surface area contributed by atoms with Crippen LogP contribution in [0.3, 0.4) is 0 Å². The van der Waals surface area contributed by atoms with E-state index < -0.39 is 5.41 Å². The van der Waals surface area contributed by atoms with Crippen LogP contribution in [0.15, 0.2) is 55.8 Å². The van der Waals surface area contributed by atoms with Gasteiger partial charge in [0.1, 0.15) is 22.8 Å². The Balaban J connectivity index is 2.31. The number of carbonyl (C=O) groups is 1. The number of benzene rings is 1. The standard InChI is InChI=1S/C23H26O4S/c1-6-16-20(25)19-17(24)13-18(14-9-11-15(28-5)12-10-14)27-22(19)23(7-2,8-3)21(16)26-4/h9-13H,6-8H2,1-5H3. The summed E-state index contributed by atoms with van der Waals surface area (Å²) in [6.45, 7) is 5.99. The molecule has 1 aliphatic carbocycles. The fourth-order valence-electron chi connectivity index (χ4n) is 4.12. The van der Waals surface area contributed by atoms with Crippen LogP contribution in [0.25, 0.3) is 11.3 Å². The summed E-state index contributed by atoms with van der Waals surface area (Å²) in [5.41, 5.74) is 0.643. The Morgan fingerprint density at radius 1 is 1.07 bits per heavy atom. The van der Waals surface area contributed by atoms with E-state index in [1.807, 2.05) is 51.3 Å². The van der Waals surface area contributed by atoms with Gasteiger partial charge in [-0.15, -0.1) is 11.8 Å². The summed E-state index contributed by atoms with van der Waals surface area (Å²) in [5, 5.41) is 0. The number of fused-ring (bicyclic) bond motifs is 1. The van der Waals surface area contributed by atoms with Gasteiger partial charge in [-0.2, -0.15) is 0 Å². The molecule has 1 aromatic heterocycles. The zero-order chi connectivity index (χ0) is 20.5. The highest BCUT2D eigenvalue weighted by Gasteiger charge is 2.47. The molecule has 0 aliphatic heterocycles. The predicted octanol–water partition coefficient (Wildman–Crippen LogP) is 5.59. The summed E-state index contributed by atoms with van der Waals surface area (Å²) in [6.07, 6.45) is 3.88. The largest absolute Gasteiger partial charge is 0.500 e. The highest BCUT2D eigenvalue weighted by Crippen LogP contribution is 2.47. The third kappa shape index (κ3) is 3.02. The van der Waals surface area contributed by atoms with Gasteiger partial charge in [-0.25, -0.2) is 0 Å². The lowest BCUT2D eigenvalue weighted by Crippen LogP contribution is -2.39. The first-order valence-corrected chi connectivity index (χ1v) is 10.8. The Morgan fingerprint density at radius 2 is 1.71 bits per heavy atom. The smallest absolute Gasteiger partial charge is 0.199 e. The van der Waals surface area contributed by atoms with E-state index in [-0.39, 0.29) is 16.8 Å². The van der Waals surface area contributed by atoms with Crippen molar-refractivity contribution in [3.63, 3.8) is 0 Å². The number of ketones is 1. The average molecular weight is 399 g/mol. The molecule has 3 rings (SSSR count). The molecule has 0 unspecified atom stereocenters. The molecule has 5 heteroatoms. The van der Waals surface area contributed by atoms with Crippen molar-refractivity contribution in [2.45, 2.75) is 50.3 Å². The lowest BCUT2D eigenvalue weighted by Gasteiger charge is -2.37. The third-order valence-corrected chi connectivity index (χ3v) is 6.48. The van der Waals surface area contributed by atoms with Crippen molar-refractivity contribution >= 4 is 17.5 Å². The van der Waals surface area contributed by atoms with Crippen molar-refractivity contribution in [2.75, 3.05) is 13.4 Å². The molecular formula is C23H26O4S. The molecule has 0 amide bonds. The molecule has 1 heterocycles. The van der Waals surface area contributed by atoms with Crippen molar-refractivity contribution in [1.82, 2.24) is 0 Å². The van der Waals surface area contributed by atoms with Crippen LogP contribution >= 0.6 is 11.8 Å². The van der Waals surface area contributed by atoms with Gasteiger partial charge >= 0.3 is 0 Å². The zero-order valence-electron chi connectivity index (χ0n) is 17.0. The molecule has 0 saturated carbocycles. The fourth-order valence-corrected chi connectivity index (χ4v) is 4.53. The number of Topliss-reactive ketones (excluding diaryl/α,β-unsaturated/α-hetero) is 1. The second-order valence-electron chi connectivity index (χ2n) is 6.89. The lowest BCUT2D eigenvalue weighted by atomic mass is 9.69. The maximum Gasteiger partial charge on any atom is 0.199 e. The van der Waals surface area contributed by atoms with Gasteiger partial charge in [0, 0.05) is 22.1 Å². The maximum absolute atomic E-state index is 13.1. The second-order valence-corrected chi connectivity index (χ2v) is 7.77. The van der Waals surface area contributed by atoms with Crippen LogP contribution in [-0.2, 0) is 10.2 Å². The van der Waals surface area contributed by atoms with Gasteiger partial charge in [0.05, 0.1) is 12.5 Å². The maximum atomic E-state index is 13.1. The second kappa shape index (κ2) is 8.00. The van der Waals surface area contributed by atoms with Gasteiger partial charge in [0.2, 0.25) is 0 Å².